The van der Waals surface area contributed by atoms with E-state index in [0.717, 1.165) is 23.0 Å². The van der Waals surface area contributed by atoms with Gasteiger partial charge in [-0.25, -0.2) is 10.9 Å². The first-order valence-corrected chi connectivity index (χ1v) is 11.2. The molecule has 8 heteroatoms. The molecule has 0 bridgehead atoms. The van der Waals surface area contributed by atoms with Crippen molar-refractivity contribution in [1.82, 2.24) is 16.2 Å². The molecule has 134 valence electrons. The van der Waals surface area contributed by atoms with Crippen LogP contribution in [0.5, 0.6) is 11.5 Å². The molecule has 5 nitrogen and oxygen atoms in total. The van der Waals surface area contributed by atoms with E-state index in [-0.39, 0.29) is 0 Å². The summed E-state index contributed by atoms with van der Waals surface area (Å²) in [4.78, 5) is 0. The Kier molecular flexibility index (Phi) is 6.88. The minimum atomic E-state index is 0.321. The van der Waals surface area contributed by atoms with Gasteiger partial charge in [0.25, 0.3) is 0 Å². The number of nitrogens with one attached hydrogen (secondary N) is 3. The fraction of sp³-hybridized carbons (Fsp3) is 0.625. The largest absolute Gasteiger partial charge is 0.493 e. The normalized spacial score (nSPS) is 29.8. The first-order valence-electron chi connectivity index (χ1n) is 8.16. The smallest absolute Gasteiger partial charge is 0.161 e. The summed E-state index contributed by atoms with van der Waals surface area (Å²) in [6, 6.07) is 6.76. The molecule has 3 rings (SSSR count). The van der Waals surface area contributed by atoms with E-state index in [1.54, 1.807) is 7.11 Å². The molecule has 1 aromatic rings. The molecular weight excluding hydrogens is 362 g/mol. The molecule has 3 N–H and O–H groups in total. The van der Waals surface area contributed by atoms with Crippen LogP contribution in [0.1, 0.15) is 24.8 Å². The standard InChI is InChI=1S/C16H25N3O2S3/c1-4-21-13-6-5-11(7-14(13)20-3)15-17-12(8-22-15)9-23-16-19-18-10(2)24-16/h5-7,10,12,15-19H,4,8-9H2,1-3H3. The monoisotopic (exact) mass is 387 g/mol. The van der Waals surface area contributed by atoms with Crippen LogP contribution >= 0.6 is 35.3 Å². The molecule has 2 fully saturated rings. The fourth-order valence-electron chi connectivity index (χ4n) is 2.66. The van der Waals surface area contributed by atoms with Crippen molar-refractivity contribution in [2.45, 2.75) is 35.3 Å². The highest BCUT2D eigenvalue weighted by atomic mass is 32.2. The Morgan fingerprint density at radius 1 is 1.29 bits per heavy atom. The number of benzene rings is 1. The SMILES string of the molecule is CCOc1ccc(C2NC(CSC3NNC(C)S3)CS2)cc1OC. The van der Waals surface area contributed by atoms with Crippen molar-refractivity contribution in [1.29, 1.82) is 0 Å². The minimum absolute atomic E-state index is 0.321. The van der Waals surface area contributed by atoms with E-state index in [1.807, 2.05) is 48.3 Å². The molecule has 0 amide bonds. The second-order valence-corrected chi connectivity index (χ2v) is 9.68. The lowest BCUT2D eigenvalue weighted by Gasteiger charge is -2.17. The lowest BCUT2D eigenvalue weighted by molar-refractivity contribution is 0.310. The van der Waals surface area contributed by atoms with Crippen molar-refractivity contribution in [2.75, 3.05) is 25.2 Å². The quantitative estimate of drug-likeness (QED) is 0.660. The summed E-state index contributed by atoms with van der Waals surface area (Å²) >= 11 is 5.86. The number of methoxy groups -OCH3 is 1. The molecule has 0 aliphatic carbocycles. The van der Waals surface area contributed by atoms with Crippen LogP contribution in [0.25, 0.3) is 0 Å². The lowest BCUT2D eigenvalue weighted by Crippen LogP contribution is -2.33. The molecule has 2 heterocycles. The molecule has 24 heavy (non-hydrogen) atoms. The van der Waals surface area contributed by atoms with Crippen molar-refractivity contribution in [3.8, 4) is 11.5 Å². The van der Waals surface area contributed by atoms with Gasteiger partial charge in [0.2, 0.25) is 0 Å². The number of thioether (sulfide) groups is 3. The average molecular weight is 388 g/mol. The number of rotatable bonds is 7. The van der Waals surface area contributed by atoms with Gasteiger partial charge >= 0.3 is 0 Å². The Hall–Kier alpha value is -0.250. The van der Waals surface area contributed by atoms with E-state index >= 15 is 0 Å². The summed E-state index contributed by atoms with van der Waals surface area (Å²) in [5.41, 5.74) is 7.81. The van der Waals surface area contributed by atoms with Crippen LogP contribution in [0, 0.1) is 0 Å². The third kappa shape index (κ3) is 4.68. The second kappa shape index (κ2) is 8.91. The Labute approximate surface area is 156 Å². The molecule has 0 spiro atoms. The summed E-state index contributed by atoms with van der Waals surface area (Å²) < 4.78 is 11.5. The van der Waals surface area contributed by atoms with E-state index in [9.17, 15) is 0 Å². The maximum atomic E-state index is 5.60. The summed E-state index contributed by atoms with van der Waals surface area (Å²) in [5, 5.41) is 4.54. The summed E-state index contributed by atoms with van der Waals surface area (Å²) in [5.74, 6) is 3.86. The van der Waals surface area contributed by atoms with Crippen LogP contribution in [-0.2, 0) is 0 Å². The highest BCUT2D eigenvalue weighted by Gasteiger charge is 2.28. The second-order valence-electron chi connectivity index (χ2n) is 5.65. The van der Waals surface area contributed by atoms with Crippen molar-refractivity contribution in [2.24, 2.45) is 0 Å². The first-order chi connectivity index (χ1) is 11.7. The van der Waals surface area contributed by atoms with Crippen LogP contribution in [0.4, 0.5) is 0 Å². The molecule has 2 aliphatic heterocycles. The number of hydrogen-bond acceptors (Lipinski definition) is 8. The third-order valence-electron chi connectivity index (χ3n) is 3.82. The van der Waals surface area contributed by atoms with Gasteiger partial charge in [-0.05, 0) is 31.5 Å². The van der Waals surface area contributed by atoms with Crippen molar-refractivity contribution in [3.05, 3.63) is 23.8 Å². The Morgan fingerprint density at radius 3 is 2.88 bits per heavy atom. The van der Waals surface area contributed by atoms with E-state index in [0.29, 0.717) is 28.1 Å². The number of hydrogen-bond donors (Lipinski definition) is 3. The molecule has 4 unspecified atom stereocenters. The van der Waals surface area contributed by atoms with E-state index < -0.39 is 0 Å². The summed E-state index contributed by atoms with van der Waals surface area (Å²) in [7, 11) is 1.69. The average Bonchev–Trinajstić information content (AvgIpc) is 3.22. The van der Waals surface area contributed by atoms with Gasteiger partial charge < -0.3 is 9.47 Å². The van der Waals surface area contributed by atoms with E-state index in [2.05, 4.69) is 35.2 Å². The Bertz CT molecular complexity index is 549. The zero-order chi connectivity index (χ0) is 16.9. The zero-order valence-electron chi connectivity index (χ0n) is 14.2. The minimum Gasteiger partial charge on any atom is -0.493 e. The third-order valence-corrected chi connectivity index (χ3v) is 7.81. The van der Waals surface area contributed by atoms with Gasteiger partial charge in [-0.3, -0.25) is 5.32 Å². The number of hydrazine groups is 1. The first kappa shape index (κ1) is 18.5. The van der Waals surface area contributed by atoms with Crippen LogP contribution in [-0.4, -0.2) is 41.3 Å². The highest BCUT2D eigenvalue weighted by molar-refractivity contribution is 8.17. The van der Waals surface area contributed by atoms with Crippen molar-refractivity contribution in [3.63, 3.8) is 0 Å². The van der Waals surface area contributed by atoms with Crippen LogP contribution in [0.2, 0.25) is 0 Å². The van der Waals surface area contributed by atoms with E-state index in [1.165, 1.54) is 5.56 Å². The van der Waals surface area contributed by atoms with Crippen molar-refractivity contribution < 1.29 is 9.47 Å². The maximum absolute atomic E-state index is 5.60. The van der Waals surface area contributed by atoms with Gasteiger partial charge in [-0.15, -0.1) is 35.3 Å². The Morgan fingerprint density at radius 2 is 2.17 bits per heavy atom. The van der Waals surface area contributed by atoms with Crippen molar-refractivity contribution >= 4 is 35.3 Å². The molecule has 2 aliphatic rings. The van der Waals surface area contributed by atoms with Gasteiger partial charge in [0.05, 0.1) is 24.5 Å². The van der Waals surface area contributed by atoms with Gasteiger partial charge in [0.15, 0.2) is 11.5 Å². The van der Waals surface area contributed by atoms with Gasteiger partial charge in [0.1, 0.15) is 4.71 Å². The summed E-state index contributed by atoms with van der Waals surface area (Å²) in [6.45, 7) is 4.81. The fourth-order valence-corrected chi connectivity index (χ4v) is 6.54. The summed E-state index contributed by atoms with van der Waals surface area (Å²) in [6.07, 6.45) is 0. The highest BCUT2D eigenvalue weighted by Crippen LogP contribution is 2.38. The molecule has 0 saturated carbocycles. The maximum Gasteiger partial charge on any atom is 0.161 e. The molecule has 2 saturated heterocycles. The number of ether oxygens (including phenoxy) is 2. The lowest BCUT2D eigenvalue weighted by atomic mass is 10.2. The van der Waals surface area contributed by atoms with E-state index in [4.69, 9.17) is 9.47 Å². The van der Waals surface area contributed by atoms with Gasteiger partial charge in [-0.2, -0.15) is 0 Å². The molecular formula is C16H25N3O2S3. The predicted molar refractivity (Wildman–Crippen MR) is 106 cm³/mol. The molecule has 0 aromatic heterocycles. The molecule has 4 atom stereocenters. The topological polar surface area (TPSA) is 54.5 Å². The van der Waals surface area contributed by atoms with Crippen LogP contribution < -0.4 is 25.6 Å². The Balaban J connectivity index is 1.53. The zero-order valence-corrected chi connectivity index (χ0v) is 16.7. The van der Waals surface area contributed by atoms with Gasteiger partial charge in [0, 0.05) is 17.5 Å². The van der Waals surface area contributed by atoms with Crippen LogP contribution in [0.15, 0.2) is 18.2 Å². The molecule has 0 radical (unpaired) electrons. The van der Waals surface area contributed by atoms with Crippen LogP contribution in [0.3, 0.4) is 0 Å². The predicted octanol–water partition coefficient (Wildman–Crippen LogP) is 3.00. The molecule has 1 aromatic carbocycles. The van der Waals surface area contributed by atoms with Gasteiger partial charge in [-0.1, -0.05) is 6.07 Å².